The van der Waals surface area contributed by atoms with E-state index in [2.05, 4.69) is 10.6 Å². The number of halogens is 2. The first-order valence-electron chi connectivity index (χ1n) is 7.19. The van der Waals surface area contributed by atoms with E-state index in [1.807, 2.05) is 38.1 Å². The van der Waals surface area contributed by atoms with E-state index in [0.29, 0.717) is 15.7 Å². The first-order valence-corrected chi connectivity index (χ1v) is 7.95. The van der Waals surface area contributed by atoms with E-state index in [1.165, 1.54) is 0 Å². The molecule has 2 N–H and O–H groups in total. The molecule has 0 bridgehead atoms. The van der Waals surface area contributed by atoms with Gasteiger partial charge in [-0.25, -0.2) is 0 Å². The largest absolute Gasteiger partial charge is 0.491 e. The molecule has 23 heavy (non-hydrogen) atoms. The Labute approximate surface area is 145 Å². The van der Waals surface area contributed by atoms with E-state index in [9.17, 15) is 4.79 Å². The normalized spacial score (nSPS) is 10.5. The summed E-state index contributed by atoms with van der Waals surface area (Å²) in [5.41, 5.74) is 1.32. The maximum Gasteiger partial charge on any atom is 0.243 e. The second-order valence-electron chi connectivity index (χ2n) is 5.22. The topological polar surface area (TPSA) is 50.4 Å². The number of anilines is 2. The van der Waals surface area contributed by atoms with Crippen LogP contribution in [0.25, 0.3) is 0 Å². The van der Waals surface area contributed by atoms with Crippen LogP contribution in [0.2, 0.25) is 10.0 Å². The van der Waals surface area contributed by atoms with Gasteiger partial charge >= 0.3 is 0 Å². The fourth-order valence-corrected chi connectivity index (χ4v) is 2.23. The number of hydrogen-bond acceptors (Lipinski definition) is 3. The van der Waals surface area contributed by atoms with Crippen molar-refractivity contribution in [2.75, 3.05) is 17.2 Å². The minimum Gasteiger partial charge on any atom is -0.491 e. The number of nitrogens with one attached hydrogen (secondary N) is 2. The molecule has 0 aliphatic rings. The minimum atomic E-state index is -0.211. The molecule has 0 aliphatic carbocycles. The van der Waals surface area contributed by atoms with Gasteiger partial charge in [-0.15, -0.1) is 0 Å². The van der Waals surface area contributed by atoms with Gasteiger partial charge in [0.05, 0.1) is 23.4 Å². The molecule has 4 nitrogen and oxygen atoms in total. The first-order chi connectivity index (χ1) is 10.9. The van der Waals surface area contributed by atoms with Crippen molar-refractivity contribution in [2.24, 2.45) is 0 Å². The number of rotatable bonds is 6. The van der Waals surface area contributed by atoms with Crippen molar-refractivity contribution in [3.05, 3.63) is 52.5 Å². The summed E-state index contributed by atoms with van der Waals surface area (Å²) < 4.78 is 5.56. The van der Waals surface area contributed by atoms with Gasteiger partial charge in [-0.3, -0.25) is 4.79 Å². The monoisotopic (exact) mass is 352 g/mol. The van der Waals surface area contributed by atoms with Gasteiger partial charge in [0.2, 0.25) is 5.91 Å². The van der Waals surface area contributed by atoms with Crippen LogP contribution < -0.4 is 15.4 Å². The van der Waals surface area contributed by atoms with Crippen molar-refractivity contribution in [1.29, 1.82) is 0 Å². The Morgan fingerprint density at radius 3 is 2.48 bits per heavy atom. The Bertz CT molecular complexity index is 673. The molecule has 2 rings (SSSR count). The van der Waals surface area contributed by atoms with Gasteiger partial charge in [0.15, 0.2) is 0 Å². The fourth-order valence-electron chi connectivity index (χ4n) is 1.89. The smallest absolute Gasteiger partial charge is 0.243 e. The number of benzene rings is 2. The van der Waals surface area contributed by atoms with Crippen molar-refractivity contribution in [3.63, 3.8) is 0 Å². The second-order valence-corrected chi connectivity index (χ2v) is 6.06. The highest BCUT2D eigenvalue weighted by Gasteiger charge is 2.07. The fraction of sp³-hybridized carbons (Fsp3) is 0.235. The van der Waals surface area contributed by atoms with Crippen LogP contribution in [0.4, 0.5) is 11.4 Å². The van der Waals surface area contributed by atoms with Gasteiger partial charge in [-0.2, -0.15) is 0 Å². The third-order valence-electron chi connectivity index (χ3n) is 2.88. The lowest BCUT2D eigenvalue weighted by molar-refractivity contribution is -0.114. The molecule has 6 heteroatoms. The lowest BCUT2D eigenvalue weighted by atomic mass is 10.3. The molecule has 122 valence electrons. The predicted molar refractivity (Wildman–Crippen MR) is 95.8 cm³/mol. The van der Waals surface area contributed by atoms with Crippen LogP contribution in [-0.2, 0) is 4.79 Å². The van der Waals surface area contributed by atoms with Gasteiger partial charge in [0, 0.05) is 10.7 Å². The Kier molecular flexibility index (Phi) is 6.13. The molecular weight excluding hydrogens is 335 g/mol. The summed E-state index contributed by atoms with van der Waals surface area (Å²) >= 11 is 11.9. The minimum absolute atomic E-state index is 0.118. The van der Waals surface area contributed by atoms with Crippen LogP contribution >= 0.6 is 23.2 Å². The zero-order valence-corrected chi connectivity index (χ0v) is 14.4. The Morgan fingerprint density at radius 2 is 1.83 bits per heavy atom. The van der Waals surface area contributed by atoms with Gasteiger partial charge in [0.1, 0.15) is 5.75 Å². The number of hydrogen-bond donors (Lipinski definition) is 2. The van der Waals surface area contributed by atoms with Crippen LogP contribution in [0.15, 0.2) is 42.5 Å². The average Bonchev–Trinajstić information content (AvgIpc) is 2.50. The maximum absolute atomic E-state index is 12.0. The molecule has 0 saturated carbocycles. The Balaban J connectivity index is 1.88. The summed E-state index contributed by atoms with van der Waals surface area (Å²) in [5, 5.41) is 6.71. The standard InChI is InChI=1S/C17H18Cl2N2O2/c1-11(2)23-14-6-4-13(5-7-14)20-10-17(22)21-16-9-12(18)3-8-15(16)19/h3-9,11,20H,10H2,1-2H3,(H,21,22). The average molecular weight is 353 g/mol. The van der Waals surface area contributed by atoms with Crippen LogP contribution in [0.1, 0.15) is 13.8 Å². The quantitative estimate of drug-likeness (QED) is 0.782. The highest BCUT2D eigenvalue weighted by molar-refractivity contribution is 6.35. The molecule has 1 amide bonds. The molecular formula is C17H18Cl2N2O2. The van der Waals surface area contributed by atoms with Gasteiger partial charge in [0.25, 0.3) is 0 Å². The van der Waals surface area contributed by atoms with Gasteiger partial charge in [-0.1, -0.05) is 23.2 Å². The van der Waals surface area contributed by atoms with E-state index in [0.717, 1.165) is 11.4 Å². The SMILES string of the molecule is CC(C)Oc1ccc(NCC(=O)Nc2cc(Cl)ccc2Cl)cc1. The highest BCUT2D eigenvalue weighted by Crippen LogP contribution is 2.25. The molecule has 0 spiro atoms. The molecule has 0 aromatic heterocycles. The molecule has 0 aliphatic heterocycles. The molecule has 0 radical (unpaired) electrons. The van der Waals surface area contributed by atoms with Crippen molar-refractivity contribution in [2.45, 2.75) is 20.0 Å². The van der Waals surface area contributed by atoms with Crippen LogP contribution in [0.3, 0.4) is 0 Å². The van der Waals surface area contributed by atoms with Crippen molar-refractivity contribution >= 4 is 40.5 Å². The van der Waals surface area contributed by atoms with E-state index < -0.39 is 0 Å². The van der Waals surface area contributed by atoms with Crippen LogP contribution in [0.5, 0.6) is 5.75 Å². The van der Waals surface area contributed by atoms with E-state index in [-0.39, 0.29) is 18.6 Å². The number of carbonyl (C=O) groups excluding carboxylic acids is 1. The number of carbonyl (C=O) groups is 1. The third-order valence-corrected chi connectivity index (χ3v) is 3.45. The second kappa shape index (κ2) is 8.09. The summed E-state index contributed by atoms with van der Waals surface area (Å²) in [5.74, 6) is 0.581. The summed E-state index contributed by atoms with van der Waals surface area (Å²) in [4.78, 5) is 12.0. The van der Waals surface area contributed by atoms with Gasteiger partial charge in [-0.05, 0) is 56.3 Å². The molecule has 0 fully saturated rings. The summed E-state index contributed by atoms with van der Waals surface area (Å²) in [6.07, 6.45) is 0.127. The lowest BCUT2D eigenvalue weighted by Gasteiger charge is -2.11. The number of ether oxygens (including phenoxy) is 1. The highest BCUT2D eigenvalue weighted by atomic mass is 35.5. The molecule has 2 aromatic rings. The summed E-state index contributed by atoms with van der Waals surface area (Å²) in [6.45, 7) is 4.06. The van der Waals surface area contributed by atoms with E-state index in [1.54, 1.807) is 18.2 Å². The lowest BCUT2D eigenvalue weighted by Crippen LogP contribution is -2.21. The Morgan fingerprint density at radius 1 is 1.13 bits per heavy atom. The van der Waals surface area contributed by atoms with Crippen molar-refractivity contribution < 1.29 is 9.53 Å². The summed E-state index contributed by atoms with van der Waals surface area (Å²) in [7, 11) is 0. The zero-order valence-electron chi connectivity index (χ0n) is 12.9. The van der Waals surface area contributed by atoms with Crippen LogP contribution in [-0.4, -0.2) is 18.6 Å². The first kappa shape index (κ1) is 17.4. The maximum atomic E-state index is 12.0. The summed E-state index contributed by atoms with van der Waals surface area (Å²) in [6, 6.07) is 12.3. The molecule has 2 aromatic carbocycles. The molecule has 0 atom stereocenters. The van der Waals surface area contributed by atoms with E-state index >= 15 is 0 Å². The Hall–Kier alpha value is -1.91. The zero-order chi connectivity index (χ0) is 16.8. The van der Waals surface area contributed by atoms with Crippen molar-refractivity contribution in [1.82, 2.24) is 0 Å². The number of amides is 1. The van der Waals surface area contributed by atoms with E-state index in [4.69, 9.17) is 27.9 Å². The van der Waals surface area contributed by atoms with Gasteiger partial charge < -0.3 is 15.4 Å². The van der Waals surface area contributed by atoms with Crippen LogP contribution in [0, 0.1) is 0 Å². The van der Waals surface area contributed by atoms with Crippen molar-refractivity contribution in [3.8, 4) is 5.75 Å². The predicted octanol–water partition coefficient (Wildman–Crippen LogP) is 4.83. The molecule has 0 unspecified atom stereocenters. The third kappa shape index (κ3) is 5.66. The molecule has 0 heterocycles. The molecule has 0 saturated heterocycles.